The molecule has 6 nitrogen and oxygen atoms in total. The maximum absolute atomic E-state index is 13.8. The van der Waals surface area contributed by atoms with Crippen LogP contribution in [0.2, 0.25) is 0 Å². The first-order valence-electron chi connectivity index (χ1n) is 9.57. The Bertz CT molecular complexity index is 1120. The highest BCUT2D eigenvalue weighted by atomic mass is 32.2. The minimum Gasteiger partial charge on any atom is -0.486 e. The van der Waals surface area contributed by atoms with E-state index in [0.29, 0.717) is 36.1 Å². The zero-order valence-electron chi connectivity index (χ0n) is 16.4. The molecular weight excluding hydrogens is 419 g/mol. The molecule has 0 radical (unpaired) electrons. The first-order chi connectivity index (χ1) is 15.1. The molecule has 0 saturated carbocycles. The SMILES string of the molecule is O=C(CSc1cccc(NC(=O)c2ccccc2F)c1)Nc1ccc2c(c1)OCCO2. The van der Waals surface area contributed by atoms with Crippen LogP contribution in [0.5, 0.6) is 11.5 Å². The Balaban J connectivity index is 1.33. The number of carbonyl (C=O) groups is 2. The Morgan fingerprint density at radius 1 is 0.871 bits per heavy atom. The van der Waals surface area contributed by atoms with Gasteiger partial charge in [0.2, 0.25) is 5.91 Å². The largest absolute Gasteiger partial charge is 0.486 e. The molecule has 0 atom stereocenters. The number of nitrogens with one attached hydrogen (secondary N) is 2. The van der Waals surface area contributed by atoms with Crippen LogP contribution in [0, 0.1) is 5.82 Å². The number of carbonyl (C=O) groups excluding carboxylic acids is 2. The van der Waals surface area contributed by atoms with Gasteiger partial charge in [0.1, 0.15) is 19.0 Å². The maximum atomic E-state index is 13.8. The average Bonchev–Trinajstić information content (AvgIpc) is 2.78. The van der Waals surface area contributed by atoms with Gasteiger partial charge in [-0.3, -0.25) is 9.59 Å². The Morgan fingerprint density at radius 2 is 1.65 bits per heavy atom. The molecule has 0 saturated heterocycles. The number of rotatable bonds is 6. The molecule has 158 valence electrons. The fourth-order valence-corrected chi connectivity index (χ4v) is 3.73. The van der Waals surface area contributed by atoms with Gasteiger partial charge in [0.05, 0.1) is 11.3 Å². The summed E-state index contributed by atoms with van der Waals surface area (Å²) in [5.74, 6) is 0.155. The van der Waals surface area contributed by atoms with Crippen LogP contribution in [0.25, 0.3) is 0 Å². The lowest BCUT2D eigenvalue weighted by Gasteiger charge is -2.19. The van der Waals surface area contributed by atoms with Gasteiger partial charge in [-0.05, 0) is 42.5 Å². The van der Waals surface area contributed by atoms with Gasteiger partial charge in [0.15, 0.2) is 11.5 Å². The van der Waals surface area contributed by atoms with Crippen molar-refractivity contribution in [1.82, 2.24) is 0 Å². The minimum absolute atomic E-state index is 0.0284. The molecular formula is C23H19FN2O4S. The van der Waals surface area contributed by atoms with Crippen LogP contribution >= 0.6 is 11.8 Å². The predicted octanol–water partition coefficient (Wildman–Crippen LogP) is 4.58. The molecule has 2 amide bonds. The van der Waals surface area contributed by atoms with Crippen LogP contribution in [0.3, 0.4) is 0 Å². The average molecular weight is 438 g/mol. The summed E-state index contributed by atoms with van der Waals surface area (Å²) >= 11 is 1.32. The molecule has 3 aromatic carbocycles. The third-order valence-corrected chi connectivity index (χ3v) is 5.40. The number of thioether (sulfide) groups is 1. The Morgan fingerprint density at radius 3 is 2.48 bits per heavy atom. The lowest BCUT2D eigenvalue weighted by molar-refractivity contribution is -0.113. The number of benzene rings is 3. The maximum Gasteiger partial charge on any atom is 0.258 e. The number of ether oxygens (including phenoxy) is 2. The van der Waals surface area contributed by atoms with E-state index >= 15 is 0 Å². The van der Waals surface area contributed by atoms with E-state index < -0.39 is 11.7 Å². The molecule has 1 aliphatic rings. The summed E-state index contributed by atoms with van der Waals surface area (Å²) in [6.07, 6.45) is 0. The highest BCUT2D eigenvalue weighted by Crippen LogP contribution is 2.32. The van der Waals surface area contributed by atoms with Gasteiger partial charge in [-0.15, -0.1) is 11.8 Å². The normalized spacial score (nSPS) is 12.2. The van der Waals surface area contributed by atoms with E-state index in [1.165, 1.54) is 30.0 Å². The minimum atomic E-state index is -0.582. The summed E-state index contributed by atoms with van der Waals surface area (Å²) in [4.78, 5) is 25.4. The zero-order valence-corrected chi connectivity index (χ0v) is 17.2. The van der Waals surface area contributed by atoms with Crippen LogP contribution in [0.1, 0.15) is 10.4 Å². The van der Waals surface area contributed by atoms with Crippen molar-refractivity contribution >= 4 is 35.0 Å². The predicted molar refractivity (Wildman–Crippen MR) is 118 cm³/mol. The summed E-state index contributed by atoms with van der Waals surface area (Å²) in [5.41, 5.74) is 1.12. The van der Waals surface area contributed by atoms with Crippen LogP contribution in [0.15, 0.2) is 71.6 Å². The van der Waals surface area contributed by atoms with Gasteiger partial charge in [-0.2, -0.15) is 0 Å². The first kappa shape index (κ1) is 20.7. The van der Waals surface area contributed by atoms with Crippen molar-refractivity contribution in [2.45, 2.75) is 4.90 Å². The summed E-state index contributed by atoms with van der Waals surface area (Å²) in [6, 6.07) is 18.1. The molecule has 0 spiro atoms. The second-order valence-electron chi connectivity index (χ2n) is 6.66. The molecule has 2 N–H and O–H groups in total. The molecule has 1 heterocycles. The van der Waals surface area contributed by atoms with Gasteiger partial charge >= 0.3 is 0 Å². The monoisotopic (exact) mass is 438 g/mol. The summed E-state index contributed by atoms with van der Waals surface area (Å²) in [5, 5.41) is 5.51. The van der Waals surface area contributed by atoms with Gasteiger partial charge in [0.25, 0.3) is 5.91 Å². The van der Waals surface area contributed by atoms with Gasteiger partial charge < -0.3 is 20.1 Å². The van der Waals surface area contributed by atoms with Crippen molar-refractivity contribution < 1.29 is 23.5 Å². The van der Waals surface area contributed by atoms with Crippen LogP contribution in [-0.2, 0) is 4.79 Å². The quantitative estimate of drug-likeness (QED) is 0.551. The second-order valence-corrected chi connectivity index (χ2v) is 7.71. The number of amides is 2. The fraction of sp³-hybridized carbons (Fsp3) is 0.130. The Hall–Kier alpha value is -3.52. The van der Waals surface area contributed by atoms with E-state index in [1.807, 2.05) is 6.07 Å². The fourth-order valence-electron chi connectivity index (χ4n) is 2.97. The summed E-state index contributed by atoms with van der Waals surface area (Å²) in [7, 11) is 0. The van der Waals surface area contributed by atoms with Crippen LogP contribution in [-0.4, -0.2) is 30.8 Å². The lowest BCUT2D eigenvalue weighted by Crippen LogP contribution is -2.17. The molecule has 0 fully saturated rings. The number of hydrogen-bond donors (Lipinski definition) is 2. The first-order valence-corrected chi connectivity index (χ1v) is 10.6. The molecule has 1 aliphatic heterocycles. The highest BCUT2D eigenvalue weighted by Gasteiger charge is 2.14. The summed E-state index contributed by atoms with van der Waals surface area (Å²) < 4.78 is 24.8. The molecule has 0 aliphatic carbocycles. The van der Waals surface area contributed by atoms with E-state index in [-0.39, 0.29) is 17.2 Å². The van der Waals surface area contributed by atoms with E-state index in [9.17, 15) is 14.0 Å². The highest BCUT2D eigenvalue weighted by molar-refractivity contribution is 8.00. The Labute approximate surface area is 182 Å². The van der Waals surface area contributed by atoms with Crippen LogP contribution < -0.4 is 20.1 Å². The molecule has 0 aromatic heterocycles. The zero-order chi connectivity index (χ0) is 21.6. The topological polar surface area (TPSA) is 76.7 Å². The van der Waals surface area contributed by atoms with Crippen LogP contribution in [0.4, 0.5) is 15.8 Å². The van der Waals surface area contributed by atoms with Crippen molar-refractivity contribution in [2.24, 2.45) is 0 Å². The van der Waals surface area contributed by atoms with Crippen molar-refractivity contribution in [3.63, 3.8) is 0 Å². The van der Waals surface area contributed by atoms with Gasteiger partial charge in [0, 0.05) is 22.3 Å². The molecule has 8 heteroatoms. The summed E-state index contributed by atoms with van der Waals surface area (Å²) in [6.45, 7) is 0.985. The van der Waals surface area contributed by atoms with E-state index in [2.05, 4.69) is 10.6 Å². The van der Waals surface area contributed by atoms with Gasteiger partial charge in [-0.1, -0.05) is 18.2 Å². The molecule has 31 heavy (non-hydrogen) atoms. The molecule has 0 bridgehead atoms. The van der Waals surface area contributed by atoms with E-state index in [4.69, 9.17) is 9.47 Å². The van der Waals surface area contributed by atoms with Crippen molar-refractivity contribution in [3.8, 4) is 11.5 Å². The number of halogens is 1. The molecule has 0 unspecified atom stereocenters. The van der Waals surface area contributed by atoms with E-state index in [1.54, 1.807) is 42.5 Å². The molecule has 3 aromatic rings. The second kappa shape index (κ2) is 9.53. The standard InChI is InChI=1S/C23H19FN2O4S/c24-19-7-2-1-6-18(19)23(28)26-15-4-3-5-17(12-15)31-14-22(27)25-16-8-9-20-21(13-16)30-11-10-29-20/h1-9,12-13H,10-11,14H2,(H,25,27)(H,26,28). The van der Waals surface area contributed by atoms with Crippen molar-refractivity contribution in [3.05, 3.63) is 78.1 Å². The molecule has 4 rings (SSSR count). The van der Waals surface area contributed by atoms with Gasteiger partial charge in [-0.25, -0.2) is 4.39 Å². The van der Waals surface area contributed by atoms with Crippen molar-refractivity contribution in [1.29, 1.82) is 0 Å². The Kier molecular flexibility index (Phi) is 6.37. The number of fused-ring (bicyclic) bond motifs is 1. The lowest BCUT2D eigenvalue weighted by atomic mass is 10.2. The smallest absolute Gasteiger partial charge is 0.258 e. The number of anilines is 2. The van der Waals surface area contributed by atoms with E-state index in [0.717, 1.165) is 4.90 Å². The third kappa shape index (κ3) is 5.35. The number of hydrogen-bond acceptors (Lipinski definition) is 5. The van der Waals surface area contributed by atoms with Crippen molar-refractivity contribution in [2.75, 3.05) is 29.6 Å². The third-order valence-electron chi connectivity index (χ3n) is 4.41.